The van der Waals surface area contributed by atoms with Gasteiger partial charge in [-0.1, -0.05) is 18.2 Å². The first kappa shape index (κ1) is 17.3. The largest absolute Gasteiger partial charge is 0.406 e. The highest BCUT2D eigenvalue weighted by molar-refractivity contribution is 5.97. The van der Waals surface area contributed by atoms with Crippen molar-refractivity contribution in [1.82, 2.24) is 4.90 Å². The summed E-state index contributed by atoms with van der Waals surface area (Å²) in [6, 6.07) is 6.58. The lowest BCUT2D eigenvalue weighted by Gasteiger charge is -2.18. The van der Waals surface area contributed by atoms with Gasteiger partial charge in [0.1, 0.15) is 6.54 Å². The van der Waals surface area contributed by atoms with E-state index in [-0.39, 0.29) is 13.0 Å². The maximum atomic E-state index is 12.4. The second-order valence-corrected chi connectivity index (χ2v) is 5.54. The molecule has 1 heterocycles. The molecule has 8 heteroatoms. The van der Waals surface area contributed by atoms with Gasteiger partial charge in [0.2, 0.25) is 11.8 Å². The first-order chi connectivity index (χ1) is 10.7. The molecule has 0 spiro atoms. The zero-order valence-electron chi connectivity index (χ0n) is 12.4. The Morgan fingerprint density at radius 2 is 2.09 bits per heavy atom. The van der Waals surface area contributed by atoms with Gasteiger partial charge < -0.3 is 15.3 Å². The quantitative estimate of drug-likeness (QED) is 0.888. The minimum atomic E-state index is -4.49. The van der Waals surface area contributed by atoms with Gasteiger partial charge in [-0.2, -0.15) is 13.2 Å². The van der Waals surface area contributed by atoms with E-state index in [4.69, 9.17) is 0 Å². The smallest absolute Gasteiger partial charge is 0.389 e. The number of amides is 2. The Kier molecular flexibility index (Phi) is 4.93. The minimum Gasteiger partial charge on any atom is -0.389 e. The molecule has 1 aromatic rings. The molecule has 5 nitrogen and oxygen atoms in total. The number of para-hydroxylation sites is 1. The summed E-state index contributed by atoms with van der Waals surface area (Å²) in [6.07, 6.45) is -5.54. The Labute approximate surface area is 131 Å². The van der Waals surface area contributed by atoms with E-state index in [2.05, 4.69) is 5.32 Å². The Hall–Kier alpha value is -2.09. The van der Waals surface area contributed by atoms with Gasteiger partial charge in [-0.3, -0.25) is 9.59 Å². The number of likely N-dealkylation sites (tertiary alicyclic amines) is 1. The highest BCUT2D eigenvalue weighted by Gasteiger charge is 2.40. The fourth-order valence-electron chi connectivity index (χ4n) is 2.53. The molecule has 23 heavy (non-hydrogen) atoms. The van der Waals surface area contributed by atoms with Gasteiger partial charge in [0.25, 0.3) is 0 Å². The summed E-state index contributed by atoms with van der Waals surface area (Å²) in [5, 5.41) is 12.2. The number of rotatable bonds is 4. The molecule has 0 bridgehead atoms. The van der Waals surface area contributed by atoms with Crippen molar-refractivity contribution in [2.75, 3.05) is 18.4 Å². The lowest BCUT2D eigenvalue weighted by Crippen LogP contribution is -2.36. The van der Waals surface area contributed by atoms with E-state index < -0.39 is 36.6 Å². The van der Waals surface area contributed by atoms with Crippen LogP contribution in [0.3, 0.4) is 0 Å². The van der Waals surface area contributed by atoms with Gasteiger partial charge in [-0.05, 0) is 13.0 Å². The van der Waals surface area contributed by atoms with E-state index in [1.54, 1.807) is 24.3 Å². The van der Waals surface area contributed by atoms with E-state index >= 15 is 0 Å². The van der Waals surface area contributed by atoms with Crippen LogP contribution in [-0.2, 0) is 9.59 Å². The van der Waals surface area contributed by atoms with Crippen LogP contribution < -0.4 is 5.32 Å². The van der Waals surface area contributed by atoms with Gasteiger partial charge in [-0.15, -0.1) is 0 Å². The van der Waals surface area contributed by atoms with Gasteiger partial charge >= 0.3 is 6.18 Å². The fourth-order valence-corrected chi connectivity index (χ4v) is 2.53. The Morgan fingerprint density at radius 3 is 2.70 bits per heavy atom. The molecule has 0 aliphatic carbocycles. The van der Waals surface area contributed by atoms with E-state index in [1.165, 1.54) is 6.92 Å². The number of hydrogen-bond donors (Lipinski definition) is 2. The average Bonchev–Trinajstić information content (AvgIpc) is 2.78. The van der Waals surface area contributed by atoms with Gasteiger partial charge in [0.05, 0.1) is 12.0 Å². The molecule has 0 aromatic heterocycles. The lowest BCUT2D eigenvalue weighted by atomic mass is 10.1. The molecule has 2 unspecified atom stereocenters. The predicted molar refractivity (Wildman–Crippen MR) is 76.4 cm³/mol. The molecular weight excluding hydrogens is 313 g/mol. The van der Waals surface area contributed by atoms with E-state index in [0.29, 0.717) is 16.2 Å². The Morgan fingerprint density at radius 1 is 1.43 bits per heavy atom. The van der Waals surface area contributed by atoms with Crippen molar-refractivity contribution in [1.29, 1.82) is 0 Å². The Balaban J connectivity index is 2.04. The van der Waals surface area contributed by atoms with Crippen LogP contribution >= 0.6 is 0 Å². The number of benzene rings is 1. The number of nitrogens with one attached hydrogen (secondary N) is 1. The molecule has 126 valence electrons. The van der Waals surface area contributed by atoms with E-state index in [0.717, 1.165) is 0 Å². The molecule has 1 aliphatic heterocycles. The number of carbonyl (C=O) groups is 2. The number of halogens is 3. The third-order valence-corrected chi connectivity index (χ3v) is 3.62. The zero-order valence-corrected chi connectivity index (χ0v) is 12.4. The third-order valence-electron chi connectivity index (χ3n) is 3.62. The van der Waals surface area contributed by atoms with Crippen LogP contribution in [0.15, 0.2) is 24.3 Å². The molecule has 2 atom stereocenters. The van der Waals surface area contributed by atoms with Crippen LogP contribution in [0.25, 0.3) is 0 Å². The lowest BCUT2D eigenvalue weighted by molar-refractivity contribution is -0.157. The van der Waals surface area contributed by atoms with Crippen LogP contribution in [0.5, 0.6) is 0 Å². The predicted octanol–water partition coefficient (Wildman–Crippen LogP) is 2.09. The van der Waals surface area contributed by atoms with Crippen LogP contribution in [0, 0.1) is 5.92 Å². The molecular formula is C15H17F3N2O3. The zero-order chi connectivity index (χ0) is 17.2. The van der Waals surface area contributed by atoms with Crippen molar-refractivity contribution in [3.05, 3.63) is 29.8 Å². The highest BCUT2D eigenvalue weighted by Crippen LogP contribution is 2.27. The molecule has 2 rings (SSSR count). The highest BCUT2D eigenvalue weighted by atomic mass is 19.4. The number of alkyl halides is 3. The van der Waals surface area contributed by atoms with Gasteiger partial charge in [0.15, 0.2) is 0 Å². The summed E-state index contributed by atoms with van der Waals surface area (Å²) in [7, 11) is 0. The normalized spacial score (nSPS) is 19.8. The molecule has 1 fully saturated rings. The summed E-state index contributed by atoms with van der Waals surface area (Å²) in [5.74, 6) is -2.06. The van der Waals surface area contributed by atoms with E-state index in [9.17, 15) is 27.9 Å². The van der Waals surface area contributed by atoms with Crippen LogP contribution in [-0.4, -0.2) is 41.1 Å². The first-order valence-corrected chi connectivity index (χ1v) is 7.10. The maximum Gasteiger partial charge on any atom is 0.406 e. The molecule has 1 aliphatic rings. The van der Waals surface area contributed by atoms with Crippen molar-refractivity contribution in [3.63, 3.8) is 0 Å². The van der Waals surface area contributed by atoms with Crippen molar-refractivity contribution in [3.8, 4) is 0 Å². The minimum absolute atomic E-state index is 0.251. The fraction of sp³-hybridized carbons (Fsp3) is 0.467. The van der Waals surface area contributed by atoms with Gasteiger partial charge in [0, 0.05) is 24.2 Å². The van der Waals surface area contributed by atoms with Gasteiger partial charge in [-0.25, -0.2) is 0 Å². The van der Waals surface area contributed by atoms with Crippen LogP contribution in [0.4, 0.5) is 18.9 Å². The summed E-state index contributed by atoms with van der Waals surface area (Å²) in [5.41, 5.74) is 0.881. The average molecular weight is 330 g/mol. The summed E-state index contributed by atoms with van der Waals surface area (Å²) < 4.78 is 37.1. The summed E-state index contributed by atoms with van der Waals surface area (Å²) in [4.78, 5) is 24.4. The topological polar surface area (TPSA) is 69.6 Å². The van der Waals surface area contributed by atoms with Crippen molar-refractivity contribution in [2.24, 2.45) is 5.92 Å². The molecule has 0 saturated carbocycles. The number of carbonyl (C=O) groups excluding carboxylic acids is 2. The molecule has 2 amide bonds. The maximum absolute atomic E-state index is 12.4. The number of aliphatic hydroxyl groups excluding tert-OH is 1. The number of hydrogen-bond acceptors (Lipinski definition) is 3. The van der Waals surface area contributed by atoms with Crippen LogP contribution in [0.1, 0.15) is 25.0 Å². The Bertz CT molecular complexity index is 602. The summed E-state index contributed by atoms with van der Waals surface area (Å²) in [6.45, 7) is -0.0734. The third kappa shape index (κ3) is 4.44. The van der Waals surface area contributed by atoms with Crippen LogP contribution in [0.2, 0.25) is 0 Å². The summed E-state index contributed by atoms with van der Waals surface area (Å²) >= 11 is 0. The molecule has 1 saturated heterocycles. The van der Waals surface area contributed by atoms with Crippen molar-refractivity contribution in [2.45, 2.75) is 25.6 Å². The van der Waals surface area contributed by atoms with E-state index in [1.807, 2.05) is 0 Å². The number of nitrogens with zero attached hydrogens (tertiary/aromatic N) is 1. The number of aliphatic hydroxyl groups is 1. The standard InChI is InChI=1S/C15H17F3N2O3/c1-9(21)11-4-2-3-5-12(11)19-14(23)10-6-13(22)20(7-10)8-15(16,17)18/h2-5,9-10,21H,6-8H2,1H3,(H,19,23). The number of anilines is 1. The monoisotopic (exact) mass is 330 g/mol. The SMILES string of the molecule is CC(O)c1ccccc1NC(=O)C1CC(=O)N(CC(F)(F)F)C1. The van der Waals surface area contributed by atoms with Crippen molar-refractivity contribution >= 4 is 17.5 Å². The molecule has 2 N–H and O–H groups in total. The molecule has 0 radical (unpaired) electrons. The second kappa shape index (κ2) is 6.57. The second-order valence-electron chi connectivity index (χ2n) is 5.54. The molecule has 1 aromatic carbocycles. The first-order valence-electron chi connectivity index (χ1n) is 7.10. The van der Waals surface area contributed by atoms with Crippen molar-refractivity contribution < 1.29 is 27.9 Å².